The molecule has 1 aromatic rings. The van der Waals surface area contributed by atoms with Crippen LogP contribution in [0.1, 0.15) is 30.6 Å². The van der Waals surface area contributed by atoms with E-state index >= 15 is 0 Å². The zero-order valence-corrected chi connectivity index (χ0v) is 13.9. The first kappa shape index (κ1) is 16.7. The second-order valence-corrected chi connectivity index (χ2v) is 7.79. The van der Waals surface area contributed by atoms with Crippen LogP contribution < -0.4 is 10.2 Å². The van der Waals surface area contributed by atoms with Gasteiger partial charge < -0.3 is 10.2 Å². The maximum atomic E-state index is 12.1. The fraction of sp³-hybridized carbons (Fsp3) is 0.600. The monoisotopic (exact) mass is 325 g/mol. The van der Waals surface area contributed by atoms with E-state index in [1.165, 1.54) is 0 Å². The minimum atomic E-state index is -2.90. The Kier molecular flexibility index (Phi) is 5.39. The fourth-order valence-corrected chi connectivity index (χ4v) is 4.49. The zero-order chi connectivity index (χ0) is 16.2. The van der Waals surface area contributed by atoms with Crippen LogP contribution in [0.3, 0.4) is 0 Å². The van der Waals surface area contributed by atoms with Crippen molar-refractivity contribution < 1.29 is 13.2 Å². The van der Waals surface area contributed by atoms with Crippen LogP contribution in [0.4, 0.5) is 5.82 Å². The average Bonchev–Trinajstić information content (AvgIpc) is 2.86. The largest absolute Gasteiger partial charge is 0.357 e. The quantitative estimate of drug-likeness (QED) is 0.847. The van der Waals surface area contributed by atoms with E-state index in [0.29, 0.717) is 18.5 Å². The summed E-state index contributed by atoms with van der Waals surface area (Å²) in [5.41, 5.74) is 0.497. The predicted octanol–water partition coefficient (Wildman–Crippen LogP) is 1.09. The van der Waals surface area contributed by atoms with E-state index in [-0.39, 0.29) is 23.3 Å². The first-order chi connectivity index (χ1) is 10.4. The number of nitrogens with zero attached hydrogens (tertiary/aromatic N) is 2. The molecule has 1 aromatic heterocycles. The van der Waals surface area contributed by atoms with E-state index in [9.17, 15) is 13.2 Å². The number of rotatable bonds is 6. The minimum absolute atomic E-state index is 0.0249. The van der Waals surface area contributed by atoms with Gasteiger partial charge in [-0.1, -0.05) is 0 Å². The molecule has 1 saturated heterocycles. The van der Waals surface area contributed by atoms with Crippen LogP contribution in [0.25, 0.3) is 0 Å². The molecule has 0 radical (unpaired) electrons. The molecule has 1 amide bonds. The molecule has 1 atom stereocenters. The number of carbonyl (C=O) groups excluding carboxylic acids is 1. The van der Waals surface area contributed by atoms with Crippen molar-refractivity contribution in [2.45, 2.75) is 20.3 Å². The van der Waals surface area contributed by atoms with Gasteiger partial charge in [0.2, 0.25) is 0 Å². The van der Waals surface area contributed by atoms with Crippen LogP contribution in [0, 0.1) is 5.92 Å². The highest BCUT2D eigenvalue weighted by molar-refractivity contribution is 7.91. The van der Waals surface area contributed by atoms with Gasteiger partial charge in [-0.3, -0.25) is 4.79 Å². The molecular weight excluding hydrogens is 302 g/mol. The van der Waals surface area contributed by atoms with Crippen molar-refractivity contribution in [3.63, 3.8) is 0 Å². The predicted molar refractivity (Wildman–Crippen MR) is 86.9 cm³/mol. The van der Waals surface area contributed by atoms with Crippen molar-refractivity contribution in [1.29, 1.82) is 0 Å². The van der Waals surface area contributed by atoms with E-state index < -0.39 is 9.84 Å². The lowest BCUT2D eigenvalue weighted by atomic mass is 10.1. The van der Waals surface area contributed by atoms with Crippen molar-refractivity contribution in [2.24, 2.45) is 5.92 Å². The SMILES string of the molecule is CCN(CC)c1ccc(C(=O)NCC2CCS(=O)(=O)C2)cn1. The van der Waals surface area contributed by atoms with Crippen LogP contribution in [-0.4, -0.2) is 50.4 Å². The number of carbonyl (C=O) groups is 1. The summed E-state index contributed by atoms with van der Waals surface area (Å²) in [6, 6.07) is 3.59. The third-order valence-electron chi connectivity index (χ3n) is 3.98. The molecule has 2 rings (SSSR count). The van der Waals surface area contributed by atoms with E-state index in [4.69, 9.17) is 0 Å². The fourth-order valence-electron chi connectivity index (χ4n) is 2.63. The first-order valence-electron chi connectivity index (χ1n) is 7.64. The zero-order valence-electron chi connectivity index (χ0n) is 13.1. The Bertz CT molecular complexity index is 609. The number of aromatic nitrogens is 1. The third kappa shape index (κ3) is 4.19. The smallest absolute Gasteiger partial charge is 0.252 e. The molecule has 1 fully saturated rings. The van der Waals surface area contributed by atoms with Crippen molar-refractivity contribution in [2.75, 3.05) is 36.0 Å². The number of anilines is 1. The summed E-state index contributed by atoms with van der Waals surface area (Å²) in [4.78, 5) is 18.5. The topological polar surface area (TPSA) is 79.4 Å². The van der Waals surface area contributed by atoms with Gasteiger partial charge in [0.05, 0.1) is 17.1 Å². The van der Waals surface area contributed by atoms with Crippen molar-refractivity contribution in [3.05, 3.63) is 23.9 Å². The van der Waals surface area contributed by atoms with Crippen LogP contribution in [0.2, 0.25) is 0 Å². The van der Waals surface area contributed by atoms with Gasteiger partial charge in [0.1, 0.15) is 5.82 Å². The Hall–Kier alpha value is -1.63. The summed E-state index contributed by atoms with van der Waals surface area (Å²) >= 11 is 0. The highest BCUT2D eigenvalue weighted by Gasteiger charge is 2.28. The minimum Gasteiger partial charge on any atom is -0.357 e. The molecular formula is C15H23N3O3S. The molecule has 1 aliphatic heterocycles. The molecule has 1 unspecified atom stereocenters. The maximum absolute atomic E-state index is 12.1. The van der Waals surface area contributed by atoms with Gasteiger partial charge in [-0.2, -0.15) is 0 Å². The Morgan fingerprint density at radius 1 is 1.36 bits per heavy atom. The molecule has 2 heterocycles. The standard InChI is InChI=1S/C15H23N3O3S/c1-3-18(4-2)14-6-5-13(10-16-14)15(19)17-9-12-7-8-22(20,21)11-12/h5-6,10,12H,3-4,7-9,11H2,1-2H3,(H,17,19). The first-order valence-corrected chi connectivity index (χ1v) is 9.47. The second kappa shape index (κ2) is 7.09. The Morgan fingerprint density at radius 2 is 2.09 bits per heavy atom. The summed E-state index contributed by atoms with van der Waals surface area (Å²) in [5, 5.41) is 2.80. The number of nitrogens with one attached hydrogen (secondary N) is 1. The Balaban J connectivity index is 1.90. The van der Waals surface area contributed by atoms with Crippen LogP contribution >= 0.6 is 0 Å². The van der Waals surface area contributed by atoms with Gasteiger partial charge in [0.15, 0.2) is 9.84 Å². The van der Waals surface area contributed by atoms with Gasteiger partial charge in [0.25, 0.3) is 5.91 Å². The van der Waals surface area contributed by atoms with Gasteiger partial charge in [-0.05, 0) is 38.3 Å². The van der Waals surface area contributed by atoms with Crippen LogP contribution in [-0.2, 0) is 9.84 Å². The molecule has 0 bridgehead atoms. The molecule has 0 aliphatic carbocycles. The highest BCUT2D eigenvalue weighted by Crippen LogP contribution is 2.17. The van der Waals surface area contributed by atoms with Gasteiger partial charge in [0, 0.05) is 25.8 Å². The summed E-state index contributed by atoms with van der Waals surface area (Å²) < 4.78 is 22.8. The van der Waals surface area contributed by atoms with E-state index in [1.807, 2.05) is 6.07 Å². The summed E-state index contributed by atoms with van der Waals surface area (Å²) in [6.45, 7) is 6.25. The lowest BCUT2D eigenvalue weighted by Crippen LogP contribution is -2.30. The Labute approximate surface area is 131 Å². The average molecular weight is 325 g/mol. The molecule has 1 N–H and O–H groups in total. The normalized spacial score (nSPS) is 19.8. The second-order valence-electron chi connectivity index (χ2n) is 5.56. The molecule has 0 saturated carbocycles. The Morgan fingerprint density at radius 3 is 2.59 bits per heavy atom. The molecule has 0 aromatic carbocycles. The third-order valence-corrected chi connectivity index (χ3v) is 5.81. The van der Waals surface area contributed by atoms with E-state index in [0.717, 1.165) is 18.9 Å². The van der Waals surface area contributed by atoms with E-state index in [2.05, 4.69) is 29.0 Å². The lowest BCUT2D eigenvalue weighted by Gasteiger charge is -2.19. The lowest BCUT2D eigenvalue weighted by molar-refractivity contribution is 0.0948. The molecule has 22 heavy (non-hydrogen) atoms. The number of amides is 1. The van der Waals surface area contributed by atoms with Crippen LogP contribution in [0.15, 0.2) is 18.3 Å². The van der Waals surface area contributed by atoms with Gasteiger partial charge >= 0.3 is 0 Å². The highest BCUT2D eigenvalue weighted by atomic mass is 32.2. The summed E-state index contributed by atoms with van der Waals surface area (Å²) in [7, 11) is -2.90. The van der Waals surface area contributed by atoms with E-state index in [1.54, 1.807) is 12.3 Å². The summed E-state index contributed by atoms with van der Waals surface area (Å²) in [6.07, 6.45) is 2.19. The van der Waals surface area contributed by atoms with Crippen molar-refractivity contribution in [3.8, 4) is 0 Å². The number of pyridine rings is 1. The molecule has 7 heteroatoms. The van der Waals surface area contributed by atoms with Gasteiger partial charge in [-0.15, -0.1) is 0 Å². The molecule has 122 valence electrons. The summed E-state index contributed by atoms with van der Waals surface area (Å²) in [5.74, 6) is 1.07. The van der Waals surface area contributed by atoms with Crippen molar-refractivity contribution in [1.82, 2.24) is 10.3 Å². The number of hydrogen-bond donors (Lipinski definition) is 1. The van der Waals surface area contributed by atoms with Gasteiger partial charge in [-0.25, -0.2) is 13.4 Å². The number of sulfone groups is 1. The van der Waals surface area contributed by atoms with Crippen LogP contribution in [0.5, 0.6) is 0 Å². The molecule has 6 nitrogen and oxygen atoms in total. The molecule has 0 spiro atoms. The number of hydrogen-bond acceptors (Lipinski definition) is 5. The molecule has 1 aliphatic rings. The maximum Gasteiger partial charge on any atom is 0.252 e. The van der Waals surface area contributed by atoms with Crippen molar-refractivity contribution >= 4 is 21.6 Å².